The van der Waals surface area contributed by atoms with Crippen LogP contribution in [0.1, 0.15) is 23.0 Å². The van der Waals surface area contributed by atoms with E-state index in [1.165, 1.54) is 4.68 Å². The number of aromatic nitrogens is 3. The van der Waals surface area contributed by atoms with Gasteiger partial charge in [0.15, 0.2) is 5.82 Å². The van der Waals surface area contributed by atoms with Crippen LogP contribution in [-0.4, -0.2) is 27.6 Å². The van der Waals surface area contributed by atoms with Crippen LogP contribution in [0.5, 0.6) is 0 Å². The molecule has 0 fully saturated rings. The maximum atomic E-state index is 11.6. The second-order valence-electron chi connectivity index (χ2n) is 3.89. The molecule has 1 aromatic heterocycles. The number of benzene rings is 1. The summed E-state index contributed by atoms with van der Waals surface area (Å²) in [5.41, 5.74) is 7.42. The van der Waals surface area contributed by atoms with Crippen molar-refractivity contribution in [3.8, 4) is 5.69 Å². The molecule has 0 atom stereocenters. The van der Waals surface area contributed by atoms with E-state index in [2.05, 4.69) is 10.3 Å². The van der Waals surface area contributed by atoms with Crippen molar-refractivity contribution >= 4 is 23.4 Å². The summed E-state index contributed by atoms with van der Waals surface area (Å²) in [5, 5.41) is 8.16. The molecular formula is C12H13ClN4O2. The van der Waals surface area contributed by atoms with Gasteiger partial charge in [-0.1, -0.05) is 22.9 Å². The molecule has 0 amide bonds. The van der Waals surface area contributed by atoms with Crippen LogP contribution in [0, 0.1) is 6.92 Å². The van der Waals surface area contributed by atoms with Crippen LogP contribution >= 0.6 is 11.6 Å². The molecule has 2 rings (SSSR count). The van der Waals surface area contributed by atoms with Gasteiger partial charge in [-0.05, 0) is 31.5 Å². The predicted molar refractivity (Wildman–Crippen MR) is 71.5 cm³/mol. The number of hydrogen-bond donors (Lipinski definition) is 1. The average molecular weight is 281 g/mol. The lowest BCUT2D eigenvalue weighted by atomic mass is 10.2. The van der Waals surface area contributed by atoms with Gasteiger partial charge in [-0.25, -0.2) is 4.79 Å². The van der Waals surface area contributed by atoms with Crippen molar-refractivity contribution in [3.63, 3.8) is 0 Å². The van der Waals surface area contributed by atoms with Gasteiger partial charge in [0.1, 0.15) is 0 Å². The maximum absolute atomic E-state index is 11.6. The first-order chi connectivity index (χ1) is 9.04. The Morgan fingerprint density at radius 3 is 2.89 bits per heavy atom. The highest BCUT2D eigenvalue weighted by atomic mass is 35.5. The van der Waals surface area contributed by atoms with Crippen molar-refractivity contribution in [2.45, 2.75) is 13.8 Å². The fraction of sp³-hybridized carbons (Fsp3) is 0.250. The summed E-state index contributed by atoms with van der Waals surface area (Å²) in [4.78, 5) is 11.6. The minimum atomic E-state index is -0.593. The second-order valence-corrected chi connectivity index (χ2v) is 4.30. The zero-order valence-electron chi connectivity index (χ0n) is 10.6. The molecule has 0 bridgehead atoms. The molecule has 0 radical (unpaired) electrons. The topological polar surface area (TPSA) is 83.0 Å². The highest BCUT2D eigenvalue weighted by Crippen LogP contribution is 2.21. The van der Waals surface area contributed by atoms with Crippen LogP contribution in [0.3, 0.4) is 0 Å². The third-order valence-corrected chi connectivity index (χ3v) is 2.98. The summed E-state index contributed by atoms with van der Waals surface area (Å²) in [6.45, 7) is 3.85. The smallest absolute Gasteiger partial charge is 0.362 e. The Balaban J connectivity index is 2.41. The number of rotatable bonds is 3. The molecule has 2 N–H and O–H groups in total. The molecule has 0 spiro atoms. The van der Waals surface area contributed by atoms with Crippen LogP contribution in [0.2, 0.25) is 5.02 Å². The van der Waals surface area contributed by atoms with E-state index in [4.69, 9.17) is 22.1 Å². The van der Waals surface area contributed by atoms with Gasteiger partial charge in [-0.3, -0.25) is 0 Å². The largest absolute Gasteiger partial charge is 0.461 e. The van der Waals surface area contributed by atoms with E-state index < -0.39 is 5.97 Å². The molecule has 2 aromatic rings. The normalized spacial score (nSPS) is 10.5. The summed E-state index contributed by atoms with van der Waals surface area (Å²) < 4.78 is 6.18. The molecule has 1 heterocycles. The molecule has 1 aromatic carbocycles. The van der Waals surface area contributed by atoms with Crippen LogP contribution in [0.4, 0.5) is 5.82 Å². The molecule has 0 aliphatic heterocycles. The Morgan fingerprint density at radius 1 is 1.53 bits per heavy atom. The Morgan fingerprint density at radius 2 is 2.26 bits per heavy atom. The van der Waals surface area contributed by atoms with Gasteiger partial charge in [0.05, 0.1) is 12.3 Å². The number of anilines is 1. The van der Waals surface area contributed by atoms with Gasteiger partial charge in [0, 0.05) is 5.02 Å². The number of nitrogens with zero attached hydrogens (tertiary/aromatic N) is 3. The summed E-state index contributed by atoms with van der Waals surface area (Å²) in [5.74, 6) is -0.470. The molecule has 0 saturated carbocycles. The molecule has 19 heavy (non-hydrogen) atoms. The van der Waals surface area contributed by atoms with Crippen molar-refractivity contribution in [3.05, 3.63) is 34.5 Å². The summed E-state index contributed by atoms with van der Waals surface area (Å²) >= 11 is 6.04. The molecule has 6 nitrogen and oxygen atoms in total. The number of hydrogen-bond acceptors (Lipinski definition) is 5. The van der Waals surface area contributed by atoms with E-state index in [1.54, 1.807) is 19.1 Å². The number of aryl methyl sites for hydroxylation is 1. The second kappa shape index (κ2) is 5.27. The number of halogens is 1. The van der Waals surface area contributed by atoms with Gasteiger partial charge in [-0.2, -0.15) is 4.68 Å². The van der Waals surface area contributed by atoms with E-state index in [9.17, 15) is 4.79 Å². The number of nitrogen functional groups attached to an aromatic ring is 1. The van der Waals surface area contributed by atoms with Gasteiger partial charge in [0.2, 0.25) is 5.69 Å². The fourth-order valence-corrected chi connectivity index (χ4v) is 1.71. The van der Waals surface area contributed by atoms with Crippen LogP contribution in [0.25, 0.3) is 5.69 Å². The zero-order valence-corrected chi connectivity index (χ0v) is 11.3. The van der Waals surface area contributed by atoms with Gasteiger partial charge >= 0.3 is 5.97 Å². The van der Waals surface area contributed by atoms with Crippen LogP contribution in [0.15, 0.2) is 18.2 Å². The maximum Gasteiger partial charge on any atom is 0.362 e. The average Bonchev–Trinajstić information content (AvgIpc) is 2.75. The Labute approximate surface area is 115 Å². The van der Waals surface area contributed by atoms with E-state index in [0.29, 0.717) is 10.7 Å². The third kappa shape index (κ3) is 2.53. The molecule has 0 aliphatic rings. The van der Waals surface area contributed by atoms with Crippen molar-refractivity contribution in [1.29, 1.82) is 0 Å². The Hall–Kier alpha value is -2.08. The monoisotopic (exact) mass is 280 g/mol. The number of carbonyl (C=O) groups is 1. The SMILES string of the molecule is CCOC(=O)c1nnn(-c2ccc(C)c(Cl)c2)c1N. The molecule has 7 heteroatoms. The first-order valence-electron chi connectivity index (χ1n) is 5.69. The van der Waals surface area contributed by atoms with E-state index in [1.807, 2.05) is 13.0 Å². The van der Waals surface area contributed by atoms with E-state index >= 15 is 0 Å². The lowest BCUT2D eigenvalue weighted by Crippen LogP contribution is -2.09. The first-order valence-corrected chi connectivity index (χ1v) is 6.07. The minimum Gasteiger partial charge on any atom is -0.461 e. The Kier molecular flexibility index (Phi) is 3.71. The van der Waals surface area contributed by atoms with Crippen molar-refractivity contribution in [2.75, 3.05) is 12.3 Å². The highest BCUT2D eigenvalue weighted by molar-refractivity contribution is 6.31. The zero-order chi connectivity index (χ0) is 14.0. The van der Waals surface area contributed by atoms with Gasteiger partial charge < -0.3 is 10.5 Å². The molecule has 100 valence electrons. The number of nitrogens with two attached hydrogens (primary N) is 1. The standard InChI is InChI=1S/C12H13ClN4O2/c1-3-19-12(18)10-11(14)17(16-15-10)8-5-4-7(2)9(13)6-8/h4-6H,3,14H2,1-2H3. The Bertz CT molecular complexity index is 624. The van der Waals surface area contributed by atoms with Gasteiger partial charge in [-0.15, -0.1) is 5.10 Å². The lowest BCUT2D eigenvalue weighted by Gasteiger charge is -2.05. The number of ether oxygens (including phenoxy) is 1. The van der Waals surface area contributed by atoms with E-state index in [0.717, 1.165) is 5.56 Å². The molecule has 0 unspecified atom stereocenters. The lowest BCUT2D eigenvalue weighted by molar-refractivity contribution is 0.0520. The summed E-state index contributed by atoms with van der Waals surface area (Å²) in [7, 11) is 0. The summed E-state index contributed by atoms with van der Waals surface area (Å²) in [6.07, 6.45) is 0. The number of esters is 1. The van der Waals surface area contributed by atoms with Crippen molar-refractivity contribution in [2.24, 2.45) is 0 Å². The minimum absolute atomic E-state index is 0.00134. The summed E-state index contributed by atoms with van der Waals surface area (Å²) in [6, 6.07) is 5.33. The van der Waals surface area contributed by atoms with Crippen molar-refractivity contribution in [1.82, 2.24) is 15.0 Å². The quantitative estimate of drug-likeness (QED) is 0.869. The highest BCUT2D eigenvalue weighted by Gasteiger charge is 2.19. The van der Waals surface area contributed by atoms with Crippen LogP contribution in [-0.2, 0) is 4.74 Å². The molecule has 0 saturated heterocycles. The van der Waals surface area contributed by atoms with Gasteiger partial charge in [0.25, 0.3) is 0 Å². The predicted octanol–water partition coefficient (Wildman–Crippen LogP) is 1.99. The first kappa shape index (κ1) is 13.4. The molecule has 0 aliphatic carbocycles. The fourth-order valence-electron chi connectivity index (χ4n) is 1.54. The third-order valence-electron chi connectivity index (χ3n) is 2.57. The molecular weight excluding hydrogens is 268 g/mol. The van der Waals surface area contributed by atoms with Crippen LogP contribution < -0.4 is 5.73 Å². The van der Waals surface area contributed by atoms with E-state index in [-0.39, 0.29) is 18.1 Å². The number of carbonyl (C=O) groups excluding carboxylic acids is 1. The van der Waals surface area contributed by atoms with Crippen molar-refractivity contribution < 1.29 is 9.53 Å².